The van der Waals surface area contributed by atoms with Crippen molar-refractivity contribution in [1.29, 1.82) is 0 Å². The molecule has 0 aromatic rings. The third-order valence-electron chi connectivity index (χ3n) is 12.7. The van der Waals surface area contributed by atoms with Gasteiger partial charge < -0.3 is 0 Å². The zero-order chi connectivity index (χ0) is 25.2. The summed E-state index contributed by atoms with van der Waals surface area (Å²) in [6, 6.07) is 0. The molecule has 0 unspecified atom stereocenters. The second-order valence-electron chi connectivity index (χ2n) is 16.1. The van der Waals surface area contributed by atoms with Crippen LogP contribution in [0.4, 0.5) is 0 Å². The molecule has 0 aliphatic heterocycles. The molecule has 0 saturated heterocycles. The van der Waals surface area contributed by atoms with Gasteiger partial charge in [-0.15, -0.1) is 0 Å². The van der Waals surface area contributed by atoms with Crippen molar-refractivity contribution >= 4 is 14.5 Å². The number of hydrogen-bond donors (Lipinski definition) is 0. The van der Waals surface area contributed by atoms with E-state index in [1.165, 1.54) is 25.7 Å². The number of rotatable bonds is 6. The first-order chi connectivity index (χ1) is 16.6. The molecule has 2 heteroatoms. The van der Waals surface area contributed by atoms with Gasteiger partial charge >= 0.3 is 223 Å². The average molecular weight is 525 g/mol. The SMILES string of the molecule is CC(C)(C)[PH](C[PH](C1CCCCC1)(C1CCCCC1)C(C)(C)C)(C1CCCCC1)C1CCCCC1. The van der Waals surface area contributed by atoms with E-state index in [0.717, 1.165) is 22.6 Å². The van der Waals surface area contributed by atoms with E-state index < -0.39 is 14.5 Å². The maximum absolute atomic E-state index is 2.80. The van der Waals surface area contributed by atoms with Crippen molar-refractivity contribution in [3.8, 4) is 0 Å². The molecule has 4 saturated carbocycles. The summed E-state index contributed by atoms with van der Waals surface area (Å²) in [5, 5.41) is 1.15. The zero-order valence-corrected chi connectivity index (χ0v) is 27.2. The summed E-state index contributed by atoms with van der Waals surface area (Å²) in [6.45, 7) is 16.8. The quantitative estimate of drug-likeness (QED) is 0.303. The van der Waals surface area contributed by atoms with Crippen LogP contribution in [0, 0.1) is 0 Å². The second kappa shape index (κ2) is 11.9. The molecular formula is C33H66P2. The van der Waals surface area contributed by atoms with Gasteiger partial charge in [0, 0.05) is 0 Å². The molecule has 0 amide bonds. The van der Waals surface area contributed by atoms with Crippen LogP contribution in [0.3, 0.4) is 0 Å². The van der Waals surface area contributed by atoms with Crippen LogP contribution in [0.5, 0.6) is 0 Å². The van der Waals surface area contributed by atoms with Crippen molar-refractivity contribution in [1.82, 2.24) is 0 Å². The van der Waals surface area contributed by atoms with E-state index in [2.05, 4.69) is 41.5 Å². The topological polar surface area (TPSA) is 0 Å². The van der Waals surface area contributed by atoms with Gasteiger partial charge in [-0.25, -0.2) is 0 Å². The first-order valence-corrected chi connectivity index (χ1v) is 21.4. The Bertz CT molecular complexity index is 537. The molecule has 0 N–H and O–H groups in total. The summed E-state index contributed by atoms with van der Waals surface area (Å²) in [5.41, 5.74) is 4.56. The summed E-state index contributed by atoms with van der Waals surface area (Å²) in [6.07, 6.45) is 31.5. The van der Waals surface area contributed by atoms with Crippen LogP contribution in [0.2, 0.25) is 0 Å². The number of hydrogen-bond acceptors (Lipinski definition) is 0. The van der Waals surface area contributed by atoms with Crippen LogP contribution in [0.25, 0.3) is 0 Å². The van der Waals surface area contributed by atoms with E-state index >= 15 is 0 Å². The minimum absolute atomic E-state index is 0.573. The Morgan fingerprint density at radius 2 is 0.571 bits per heavy atom. The van der Waals surface area contributed by atoms with E-state index in [-0.39, 0.29) is 0 Å². The second-order valence-corrected chi connectivity index (χ2v) is 27.9. The Kier molecular flexibility index (Phi) is 9.84. The summed E-state index contributed by atoms with van der Waals surface area (Å²) in [5.74, 6) is 1.84. The third-order valence-corrected chi connectivity index (χ3v) is 31.1. The van der Waals surface area contributed by atoms with Crippen LogP contribution < -0.4 is 0 Å². The molecule has 0 aromatic carbocycles. The summed E-state index contributed by atoms with van der Waals surface area (Å²) < 4.78 is 0. The van der Waals surface area contributed by atoms with Gasteiger partial charge in [-0.3, -0.25) is 0 Å². The van der Waals surface area contributed by atoms with Gasteiger partial charge in [0.1, 0.15) is 0 Å². The van der Waals surface area contributed by atoms with Crippen molar-refractivity contribution in [3.05, 3.63) is 0 Å². The van der Waals surface area contributed by atoms with Crippen LogP contribution in [0.1, 0.15) is 170 Å². The monoisotopic (exact) mass is 524 g/mol. The molecule has 0 aromatic heterocycles. The van der Waals surface area contributed by atoms with E-state index in [0.29, 0.717) is 10.3 Å². The molecular weight excluding hydrogens is 458 g/mol. The predicted octanol–water partition coefficient (Wildman–Crippen LogP) is 11.4. The molecule has 0 nitrogen and oxygen atoms in total. The molecule has 35 heavy (non-hydrogen) atoms. The third kappa shape index (κ3) is 5.76. The summed E-state index contributed by atoms with van der Waals surface area (Å²) in [7, 11) is -3.09. The van der Waals surface area contributed by atoms with Crippen LogP contribution in [-0.4, -0.2) is 38.9 Å². The van der Waals surface area contributed by atoms with Crippen molar-refractivity contribution in [3.63, 3.8) is 0 Å². The predicted molar refractivity (Wildman–Crippen MR) is 168 cm³/mol. The Hall–Kier alpha value is 0.860. The van der Waals surface area contributed by atoms with E-state index in [1.807, 2.05) is 5.90 Å². The fourth-order valence-corrected chi connectivity index (χ4v) is 35.9. The minimum atomic E-state index is -1.55. The van der Waals surface area contributed by atoms with Crippen molar-refractivity contribution in [2.45, 2.75) is 203 Å². The van der Waals surface area contributed by atoms with Gasteiger partial charge in [0.15, 0.2) is 0 Å². The van der Waals surface area contributed by atoms with Crippen molar-refractivity contribution < 1.29 is 0 Å². The summed E-state index contributed by atoms with van der Waals surface area (Å²) in [4.78, 5) is 0. The summed E-state index contributed by atoms with van der Waals surface area (Å²) >= 11 is 0. The van der Waals surface area contributed by atoms with Gasteiger partial charge in [-0.1, -0.05) is 0 Å². The van der Waals surface area contributed by atoms with Crippen molar-refractivity contribution in [2.75, 3.05) is 5.90 Å². The van der Waals surface area contributed by atoms with Gasteiger partial charge in [0.2, 0.25) is 0 Å². The average Bonchev–Trinajstić information content (AvgIpc) is 2.85. The first-order valence-electron chi connectivity index (χ1n) is 16.6. The van der Waals surface area contributed by atoms with Gasteiger partial charge in [-0.2, -0.15) is 0 Å². The van der Waals surface area contributed by atoms with E-state index in [4.69, 9.17) is 0 Å². The standard InChI is InChI=1S/C33H66P2/c1-32(2,3)34(28-19-11-7-12-20-28,29-21-13-8-14-22-29)27-35(33(4,5)6,30-23-15-9-16-24-30)31-25-17-10-18-26-31/h28-31,34-35H,7-27H2,1-6H3. The van der Waals surface area contributed by atoms with Gasteiger partial charge in [0.05, 0.1) is 0 Å². The Morgan fingerprint density at radius 3 is 0.743 bits per heavy atom. The fourth-order valence-electron chi connectivity index (χ4n) is 11.2. The molecule has 0 radical (unpaired) electrons. The molecule has 4 fully saturated rings. The maximum atomic E-state index is 2.80. The molecule has 4 aliphatic rings. The Labute approximate surface area is 223 Å². The molecule has 4 aliphatic carbocycles. The Morgan fingerprint density at radius 1 is 0.371 bits per heavy atom. The van der Waals surface area contributed by atoms with Crippen LogP contribution in [0.15, 0.2) is 0 Å². The molecule has 0 heterocycles. The Balaban J connectivity index is 1.88. The van der Waals surface area contributed by atoms with Crippen molar-refractivity contribution in [2.24, 2.45) is 0 Å². The molecule has 0 atom stereocenters. The first kappa shape index (κ1) is 28.9. The zero-order valence-electron chi connectivity index (χ0n) is 25.2. The van der Waals surface area contributed by atoms with E-state index in [9.17, 15) is 0 Å². The van der Waals surface area contributed by atoms with Crippen LogP contribution >= 0.6 is 14.5 Å². The van der Waals surface area contributed by atoms with Gasteiger partial charge in [0.25, 0.3) is 0 Å². The van der Waals surface area contributed by atoms with Gasteiger partial charge in [-0.05, 0) is 0 Å². The molecule has 0 bridgehead atoms. The van der Waals surface area contributed by atoms with Crippen LogP contribution in [-0.2, 0) is 0 Å². The molecule has 4 rings (SSSR count). The molecule has 208 valence electrons. The van der Waals surface area contributed by atoms with E-state index in [1.54, 1.807) is 103 Å². The molecule has 0 spiro atoms. The normalized spacial score (nSPS) is 27.1. The fraction of sp³-hybridized carbons (Fsp3) is 1.00.